The first-order chi connectivity index (χ1) is 14.0. The van der Waals surface area contributed by atoms with Crippen LogP contribution in [0.3, 0.4) is 0 Å². The molecule has 1 fully saturated rings. The van der Waals surface area contributed by atoms with E-state index >= 15 is 0 Å². The summed E-state index contributed by atoms with van der Waals surface area (Å²) in [6.45, 7) is 3.97. The van der Waals surface area contributed by atoms with Crippen LogP contribution in [0.4, 0.5) is 0 Å². The highest BCUT2D eigenvalue weighted by Crippen LogP contribution is 2.19. The number of amides is 4. The summed E-state index contributed by atoms with van der Waals surface area (Å²) in [5.41, 5.74) is 10.7. The van der Waals surface area contributed by atoms with Crippen LogP contribution in [0.25, 0.3) is 0 Å². The average molecular weight is 446 g/mol. The number of primary amides is 1. The third kappa shape index (κ3) is 7.48. The number of hydrogen-bond acceptors (Lipinski definition) is 7. The Balaban J connectivity index is 2.87. The summed E-state index contributed by atoms with van der Waals surface area (Å²) in [5.74, 6) is -3.75. The number of nitrogens with zero attached hydrogens (tertiary/aromatic N) is 1. The van der Waals surface area contributed by atoms with Crippen molar-refractivity contribution in [3.63, 3.8) is 0 Å². The number of hydrogen-bond donors (Lipinski definition) is 6. The van der Waals surface area contributed by atoms with E-state index in [0.717, 1.165) is 0 Å². The fraction of sp³-hybridized carbons (Fsp3) is 0.722. The summed E-state index contributed by atoms with van der Waals surface area (Å²) in [6.07, 6.45) is 0.790. The molecule has 1 heterocycles. The normalized spacial score (nSPS) is 19.1. The van der Waals surface area contributed by atoms with Crippen molar-refractivity contribution in [3.05, 3.63) is 0 Å². The van der Waals surface area contributed by atoms with Gasteiger partial charge in [-0.25, -0.2) is 4.79 Å². The van der Waals surface area contributed by atoms with E-state index in [-0.39, 0.29) is 31.1 Å². The first-order valence-corrected chi connectivity index (χ1v) is 10.4. The number of carbonyl (C=O) groups is 5. The molecule has 1 aliphatic rings. The van der Waals surface area contributed by atoms with Crippen LogP contribution in [0, 0.1) is 5.92 Å². The van der Waals surface area contributed by atoms with Crippen molar-refractivity contribution < 1.29 is 29.1 Å². The van der Waals surface area contributed by atoms with Gasteiger partial charge in [-0.2, -0.15) is 12.6 Å². The van der Waals surface area contributed by atoms with E-state index in [2.05, 4.69) is 23.3 Å². The van der Waals surface area contributed by atoms with Gasteiger partial charge in [0.2, 0.25) is 23.6 Å². The van der Waals surface area contributed by atoms with E-state index in [9.17, 15) is 29.1 Å². The second kappa shape index (κ2) is 11.7. The third-order valence-electron chi connectivity index (χ3n) is 4.72. The van der Waals surface area contributed by atoms with Gasteiger partial charge in [-0.15, -0.1) is 0 Å². The lowest BCUT2D eigenvalue weighted by molar-refractivity contribution is -0.149. The largest absolute Gasteiger partial charge is 0.480 e. The van der Waals surface area contributed by atoms with Crippen LogP contribution in [0.1, 0.15) is 39.5 Å². The molecule has 0 spiro atoms. The van der Waals surface area contributed by atoms with Crippen molar-refractivity contribution in [2.24, 2.45) is 17.4 Å². The highest BCUT2D eigenvalue weighted by Gasteiger charge is 2.38. The molecule has 1 saturated heterocycles. The van der Waals surface area contributed by atoms with Gasteiger partial charge in [-0.3, -0.25) is 19.2 Å². The number of carboxylic acids is 1. The molecule has 0 bridgehead atoms. The van der Waals surface area contributed by atoms with Crippen molar-refractivity contribution in [2.45, 2.75) is 63.7 Å². The molecule has 4 amide bonds. The number of nitrogens with one attached hydrogen (secondary N) is 2. The summed E-state index contributed by atoms with van der Waals surface area (Å²) in [4.78, 5) is 61.3. The number of likely N-dealkylation sites (tertiary alicyclic amines) is 1. The van der Waals surface area contributed by atoms with Crippen LogP contribution in [-0.4, -0.2) is 76.1 Å². The van der Waals surface area contributed by atoms with Crippen LogP contribution >= 0.6 is 12.6 Å². The maximum absolute atomic E-state index is 12.8. The molecule has 1 rings (SSSR count). The SMILES string of the molecule is CC(C)CC(NC(=O)C(N)CC(N)=O)C(=O)NC(CS)C(=O)N1CCCC1C(=O)O. The second-order valence-corrected chi connectivity index (χ2v) is 8.10. The van der Waals surface area contributed by atoms with E-state index in [4.69, 9.17) is 11.5 Å². The number of nitrogens with two attached hydrogens (primary N) is 2. The highest BCUT2D eigenvalue weighted by molar-refractivity contribution is 7.80. The Hall–Kier alpha value is -2.34. The molecule has 4 unspecified atom stereocenters. The number of thiol groups is 1. The molecule has 11 nitrogen and oxygen atoms in total. The van der Waals surface area contributed by atoms with Crippen molar-refractivity contribution in [3.8, 4) is 0 Å². The van der Waals surface area contributed by atoms with E-state index in [1.54, 1.807) is 0 Å². The quantitative estimate of drug-likeness (QED) is 0.203. The lowest BCUT2D eigenvalue weighted by Gasteiger charge is -2.28. The number of aliphatic carboxylic acids is 1. The van der Waals surface area contributed by atoms with Crippen molar-refractivity contribution >= 4 is 42.2 Å². The van der Waals surface area contributed by atoms with Gasteiger partial charge in [-0.1, -0.05) is 13.8 Å². The smallest absolute Gasteiger partial charge is 0.326 e. The van der Waals surface area contributed by atoms with Crippen LogP contribution < -0.4 is 22.1 Å². The Morgan fingerprint density at radius 2 is 1.73 bits per heavy atom. The lowest BCUT2D eigenvalue weighted by Crippen LogP contribution is -2.58. The van der Waals surface area contributed by atoms with Crippen molar-refractivity contribution in [2.75, 3.05) is 12.3 Å². The molecule has 0 aliphatic carbocycles. The summed E-state index contributed by atoms with van der Waals surface area (Å²) in [7, 11) is 0. The van der Waals surface area contributed by atoms with E-state index < -0.39 is 53.8 Å². The highest BCUT2D eigenvalue weighted by atomic mass is 32.1. The van der Waals surface area contributed by atoms with Gasteiger partial charge in [0.15, 0.2) is 0 Å². The molecule has 0 aromatic heterocycles. The maximum atomic E-state index is 12.8. The van der Waals surface area contributed by atoms with Gasteiger partial charge in [-0.05, 0) is 25.2 Å². The molecule has 0 aromatic rings. The van der Waals surface area contributed by atoms with Gasteiger partial charge < -0.3 is 32.1 Å². The topological polar surface area (TPSA) is 185 Å². The minimum atomic E-state index is -1.20. The molecule has 12 heteroatoms. The van der Waals surface area contributed by atoms with Crippen LogP contribution in [0.2, 0.25) is 0 Å². The van der Waals surface area contributed by atoms with Gasteiger partial charge in [0.05, 0.1) is 12.5 Å². The van der Waals surface area contributed by atoms with Crippen molar-refractivity contribution in [1.29, 1.82) is 0 Å². The molecule has 170 valence electrons. The maximum Gasteiger partial charge on any atom is 0.326 e. The first-order valence-electron chi connectivity index (χ1n) is 9.76. The number of carboxylic acid groups (broad SMARTS) is 1. The molecule has 0 saturated carbocycles. The van der Waals surface area contributed by atoms with E-state index in [1.165, 1.54) is 4.90 Å². The third-order valence-corrected chi connectivity index (χ3v) is 5.08. The van der Waals surface area contributed by atoms with Gasteiger partial charge >= 0.3 is 5.97 Å². The molecular weight excluding hydrogens is 414 g/mol. The van der Waals surface area contributed by atoms with Crippen LogP contribution in [-0.2, 0) is 24.0 Å². The molecule has 4 atom stereocenters. The zero-order valence-electron chi connectivity index (χ0n) is 17.2. The van der Waals surface area contributed by atoms with E-state index in [0.29, 0.717) is 12.8 Å². The van der Waals surface area contributed by atoms with Gasteiger partial charge in [0.1, 0.15) is 18.1 Å². The molecule has 0 aromatic carbocycles. The second-order valence-electron chi connectivity index (χ2n) is 7.74. The van der Waals surface area contributed by atoms with Crippen LogP contribution in [0.5, 0.6) is 0 Å². The number of rotatable bonds is 11. The van der Waals surface area contributed by atoms with Crippen LogP contribution in [0.15, 0.2) is 0 Å². The fourth-order valence-corrected chi connectivity index (χ4v) is 3.48. The molecule has 7 N–H and O–H groups in total. The standard InChI is InChI=1S/C18H31N5O6S/c1-9(2)6-11(21-15(25)10(19)7-14(20)24)16(26)22-12(8-30)17(27)23-5-3-4-13(23)18(28)29/h9-13,30H,3-8,19H2,1-2H3,(H2,20,24)(H,21,25)(H,22,26)(H,28,29). The predicted octanol–water partition coefficient (Wildman–Crippen LogP) is -1.79. The van der Waals surface area contributed by atoms with Gasteiger partial charge in [0, 0.05) is 12.3 Å². The molecule has 1 aliphatic heterocycles. The lowest BCUT2D eigenvalue weighted by atomic mass is 10.0. The Kier molecular flexibility index (Phi) is 10.1. The Morgan fingerprint density at radius 1 is 1.13 bits per heavy atom. The van der Waals surface area contributed by atoms with E-state index in [1.807, 2.05) is 13.8 Å². The zero-order chi connectivity index (χ0) is 23.0. The molecular formula is C18H31N5O6S. The van der Waals surface area contributed by atoms with Crippen molar-refractivity contribution in [1.82, 2.24) is 15.5 Å². The number of carbonyl (C=O) groups excluding carboxylic acids is 4. The minimum Gasteiger partial charge on any atom is -0.480 e. The average Bonchev–Trinajstić information content (AvgIpc) is 3.13. The predicted molar refractivity (Wildman–Crippen MR) is 111 cm³/mol. The minimum absolute atomic E-state index is 0.0218. The fourth-order valence-electron chi connectivity index (χ4n) is 3.24. The Bertz CT molecular complexity index is 673. The molecule has 0 radical (unpaired) electrons. The summed E-state index contributed by atoms with van der Waals surface area (Å²) in [5, 5.41) is 14.3. The summed E-state index contributed by atoms with van der Waals surface area (Å²) >= 11 is 4.11. The summed E-state index contributed by atoms with van der Waals surface area (Å²) < 4.78 is 0. The Labute approximate surface area is 180 Å². The summed E-state index contributed by atoms with van der Waals surface area (Å²) in [6, 6.07) is -4.19. The Morgan fingerprint density at radius 3 is 2.23 bits per heavy atom. The zero-order valence-corrected chi connectivity index (χ0v) is 18.1. The molecule has 30 heavy (non-hydrogen) atoms. The monoisotopic (exact) mass is 445 g/mol. The first kappa shape index (κ1) is 25.7. The van der Waals surface area contributed by atoms with Gasteiger partial charge in [0.25, 0.3) is 0 Å².